The summed E-state index contributed by atoms with van der Waals surface area (Å²) in [5.41, 5.74) is 1.93. The van der Waals surface area contributed by atoms with Gasteiger partial charge in [0, 0.05) is 51.0 Å². The van der Waals surface area contributed by atoms with Gasteiger partial charge in [-0.2, -0.15) is 0 Å². The molecular weight excluding hydrogens is 375 g/mol. The number of likely N-dealkylation sites (tertiary alicyclic amines) is 1. The Morgan fingerprint density at radius 3 is 2.46 bits per heavy atom. The zero-order valence-corrected chi connectivity index (χ0v) is 17.3. The van der Waals surface area contributed by atoms with E-state index in [4.69, 9.17) is 0 Å². The van der Waals surface area contributed by atoms with Gasteiger partial charge in [-0.25, -0.2) is 9.37 Å². The van der Waals surface area contributed by atoms with E-state index < -0.39 is 0 Å². The maximum absolute atomic E-state index is 13.1. The summed E-state index contributed by atoms with van der Waals surface area (Å²) in [7, 11) is 0. The van der Waals surface area contributed by atoms with Gasteiger partial charge in [-0.05, 0) is 51.0 Å². The molecule has 28 heavy (non-hydrogen) atoms. The third-order valence-corrected chi connectivity index (χ3v) is 6.86. The summed E-state index contributed by atoms with van der Waals surface area (Å²) in [6.45, 7) is 9.33. The monoisotopic (exact) mass is 402 g/mol. The highest BCUT2D eigenvalue weighted by atomic mass is 32.1. The molecule has 0 bridgehead atoms. The van der Waals surface area contributed by atoms with Crippen LogP contribution >= 0.6 is 11.3 Å². The highest BCUT2D eigenvalue weighted by molar-refractivity contribution is 7.13. The zero-order chi connectivity index (χ0) is 19.7. The average Bonchev–Trinajstić information content (AvgIpc) is 3.06. The predicted molar refractivity (Wildman–Crippen MR) is 111 cm³/mol. The topological polar surface area (TPSA) is 39.7 Å². The molecule has 7 heteroatoms. The Labute approximate surface area is 169 Å². The summed E-state index contributed by atoms with van der Waals surface area (Å²) in [4.78, 5) is 25.0. The fraction of sp³-hybridized carbons (Fsp3) is 0.524. The van der Waals surface area contributed by atoms with E-state index in [0.717, 1.165) is 73.4 Å². The minimum Gasteiger partial charge on any atom is -0.369 e. The van der Waals surface area contributed by atoms with Crippen LogP contribution in [-0.4, -0.2) is 66.0 Å². The molecule has 2 aliphatic heterocycles. The molecule has 0 radical (unpaired) electrons. The van der Waals surface area contributed by atoms with Crippen LogP contribution in [-0.2, 0) is 0 Å². The molecule has 2 aliphatic rings. The fourth-order valence-electron chi connectivity index (χ4n) is 4.31. The maximum atomic E-state index is 13.1. The van der Waals surface area contributed by atoms with Crippen molar-refractivity contribution in [3.8, 4) is 0 Å². The van der Waals surface area contributed by atoms with Crippen LogP contribution in [0, 0.1) is 19.7 Å². The molecule has 4 rings (SSSR count). The quantitative estimate of drug-likeness (QED) is 0.790. The molecule has 5 nitrogen and oxygen atoms in total. The number of aryl methyl sites for hydroxylation is 2. The predicted octanol–water partition coefficient (Wildman–Crippen LogP) is 3.33. The molecule has 1 aromatic carbocycles. The average molecular weight is 403 g/mol. The Hall–Kier alpha value is -1.99. The Balaban J connectivity index is 1.36. The number of thiazole rings is 1. The van der Waals surface area contributed by atoms with Gasteiger partial charge in [-0.15, -0.1) is 11.3 Å². The third kappa shape index (κ3) is 4.05. The van der Waals surface area contributed by atoms with Gasteiger partial charge < -0.3 is 9.80 Å². The lowest BCUT2D eigenvalue weighted by atomic mass is 10.0. The number of piperazine rings is 1. The van der Waals surface area contributed by atoms with Crippen molar-refractivity contribution in [2.75, 3.05) is 44.2 Å². The minimum absolute atomic E-state index is 0.137. The molecular formula is C21H27FN4OS. The number of nitrogens with zero attached hydrogens (tertiary/aromatic N) is 4. The van der Waals surface area contributed by atoms with E-state index in [1.807, 2.05) is 30.9 Å². The highest BCUT2D eigenvalue weighted by Crippen LogP contribution is 2.24. The van der Waals surface area contributed by atoms with Gasteiger partial charge in [0.05, 0.1) is 10.7 Å². The van der Waals surface area contributed by atoms with Crippen LogP contribution in [0.4, 0.5) is 10.1 Å². The van der Waals surface area contributed by atoms with Crippen molar-refractivity contribution >= 4 is 22.9 Å². The molecule has 1 atom stereocenters. The summed E-state index contributed by atoms with van der Waals surface area (Å²) in [6, 6.07) is 7.17. The number of anilines is 1. The molecule has 3 heterocycles. The number of rotatable bonds is 3. The van der Waals surface area contributed by atoms with Crippen molar-refractivity contribution in [3.05, 3.63) is 45.7 Å². The molecule has 2 saturated heterocycles. The van der Waals surface area contributed by atoms with Gasteiger partial charge in [-0.3, -0.25) is 9.69 Å². The summed E-state index contributed by atoms with van der Waals surface area (Å²) in [6.07, 6.45) is 2.19. The van der Waals surface area contributed by atoms with Crippen molar-refractivity contribution in [2.45, 2.75) is 32.7 Å². The number of amides is 1. The van der Waals surface area contributed by atoms with Crippen LogP contribution in [0.5, 0.6) is 0 Å². The van der Waals surface area contributed by atoms with Crippen molar-refractivity contribution < 1.29 is 9.18 Å². The molecule has 2 aromatic rings. The number of aromatic nitrogens is 1. The number of hydrogen-bond donors (Lipinski definition) is 0. The zero-order valence-electron chi connectivity index (χ0n) is 16.5. The number of piperidine rings is 1. The van der Waals surface area contributed by atoms with Crippen molar-refractivity contribution in [1.82, 2.24) is 14.8 Å². The standard InChI is InChI=1S/C21H27FN4OS/c1-15-20(28-16(2)23-15)21(27)26-9-3-4-19(14-26)25-12-10-24(11-13-25)18-7-5-17(22)6-8-18/h5-8,19H,3-4,9-14H2,1-2H3/t19-/m0/s1. The largest absolute Gasteiger partial charge is 0.369 e. The first-order chi connectivity index (χ1) is 13.5. The van der Waals surface area contributed by atoms with Crippen LogP contribution in [0.1, 0.15) is 33.2 Å². The van der Waals surface area contributed by atoms with E-state index in [1.165, 1.54) is 23.5 Å². The maximum Gasteiger partial charge on any atom is 0.265 e. The Bertz CT molecular complexity index is 829. The van der Waals surface area contributed by atoms with E-state index >= 15 is 0 Å². The summed E-state index contributed by atoms with van der Waals surface area (Å²) in [5.74, 6) is -0.0570. The van der Waals surface area contributed by atoms with Gasteiger partial charge in [-0.1, -0.05) is 0 Å². The first-order valence-electron chi connectivity index (χ1n) is 9.99. The fourth-order valence-corrected chi connectivity index (χ4v) is 5.20. The lowest BCUT2D eigenvalue weighted by Gasteiger charge is -2.43. The smallest absolute Gasteiger partial charge is 0.265 e. The normalized spacial score (nSPS) is 21.2. The first-order valence-corrected chi connectivity index (χ1v) is 10.8. The molecule has 150 valence electrons. The van der Waals surface area contributed by atoms with Crippen LogP contribution in [0.25, 0.3) is 0 Å². The van der Waals surface area contributed by atoms with Gasteiger partial charge >= 0.3 is 0 Å². The molecule has 0 unspecified atom stereocenters. The van der Waals surface area contributed by atoms with Crippen molar-refractivity contribution in [1.29, 1.82) is 0 Å². The van der Waals surface area contributed by atoms with Crippen LogP contribution in [0.2, 0.25) is 0 Å². The molecule has 0 spiro atoms. The number of halogens is 1. The van der Waals surface area contributed by atoms with Crippen molar-refractivity contribution in [2.24, 2.45) is 0 Å². The minimum atomic E-state index is -0.194. The van der Waals surface area contributed by atoms with Crippen LogP contribution < -0.4 is 4.90 Å². The van der Waals surface area contributed by atoms with Crippen LogP contribution in [0.15, 0.2) is 24.3 Å². The number of hydrogen-bond acceptors (Lipinski definition) is 5. The third-order valence-electron chi connectivity index (χ3n) is 5.80. The van der Waals surface area contributed by atoms with Crippen molar-refractivity contribution in [3.63, 3.8) is 0 Å². The van der Waals surface area contributed by atoms with E-state index in [9.17, 15) is 9.18 Å². The Morgan fingerprint density at radius 1 is 1.11 bits per heavy atom. The van der Waals surface area contributed by atoms with Gasteiger partial charge in [0.25, 0.3) is 5.91 Å². The summed E-state index contributed by atoms with van der Waals surface area (Å²) in [5, 5.41) is 0.950. The van der Waals surface area contributed by atoms with E-state index in [1.54, 1.807) is 0 Å². The SMILES string of the molecule is Cc1nc(C)c(C(=O)N2CCC[C@H](N3CCN(c4ccc(F)cc4)CC3)C2)s1. The number of carbonyl (C=O) groups excluding carboxylic acids is 1. The van der Waals surface area contributed by atoms with Crippen LogP contribution in [0.3, 0.4) is 0 Å². The number of benzene rings is 1. The van der Waals surface area contributed by atoms with E-state index in [2.05, 4.69) is 14.8 Å². The highest BCUT2D eigenvalue weighted by Gasteiger charge is 2.31. The van der Waals surface area contributed by atoms with E-state index in [-0.39, 0.29) is 11.7 Å². The second kappa shape index (κ2) is 8.17. The summed E-state index contributed by atoms with van der Waals surface area (Å²) < 4.78 is 13.1. The lowest BCUT2D eigenvalue weighted by Crippen LogP contribution is -2.55. The Morgan fingerprint density at radius 2 is 1.82 bits per heavy atom. The molecule has 0 aliphatic carbocycles. The molecule has 2 fully saturated rings. The molecule has 1 aromatic heterocycles. The van der Waals surface area contributed by atoms with Gasteiger partial charge in [0.2, 0.25) is 0 Å². The lowest BCUT2D eigenvalue weighted by molar-refractivity contribution is 0.0567. The number of carbonyl (C=O) groups is 1. The van der Waals surface area contributed by atoms with E-state index in [0.29, 0.717) is 6.04 Å². The van der Waals surface area contributed by atoms with Gasteiger partial charge in [0.15, 0.2) is 0 Å². The van der Waals surface area contributed by atoms with Gasteiger partial charge in [0.1, 0.15) is 10.7 Å². The molecule has 1 amide bonds. The first kappa shape index (κ1) is 19.3. The Kier molecular flexibility index (Phi) is 5.64. The second-order valence-electron chi connectivity index (χ2n) is 7.69. The second-order valence-corrected chi connectivity index (χ2v) is 8.90. The molecule has 0 N–H and O–H groups in total. The summed E-state index contributed by atoms with van der Waals surface area (Å²) >= 11 is 1.50. The molecule has 0 saturated carbocycles.